The van der Waals surface area contributed by atoms with Crippen LogP contribution in [0.4, 0.5) is 13.2 Å². The summed E-state index contributed by atoms with van der Waals surface area (Å²) in [4.78, 5) is 22.7. The molecule has 6 nitrogen and oxygen atoms in total. The highest BCUT2D eigenvalue weighted by molar-refractivity contribution is 5.82. The average molecular weight is 347 g/mol. The molecule has 1 amide bonds. The molecule has 1 fully saturated rings. The van der Waals surface area contributed by atoms with Crippen molar-refractivity contribution in [2.45, 2.75) is 36.8 Å². The number of ether oxygens (including phenoxy) is 1. The summed E-state index contributed by atoms with van der Waals surface area (Å²) in [5, 5.41) is 20.9. The molecular weight excluding hydrogens is 331 g/mol. The van der Waals surface area contributed by atoms with Crippen LogP contribution in [0.5, 0.6) is 0 Å². The van der Waals surface area contributed by atoms with Crippen molar-refractivity contribution in [2.75, 3.05) is 6.54 Å². The Kier molecular flexibility index (Phi) is 5.14. The largest absolute Gasteiger partial charge is 0.479 e. The Balaban J connectivity index is 2.07. The quantitative estimate of drug-likeness (QED) is 0.743. The van der Waals surface area contributed by atoms with E-state index in [9.17, 15) is 27.9 Å². The van der Waals surface area contributed by atoms with Gasteiger partial charge in [0.25, 0.3) is 0 Å². The molecule has 1 saturated heterocycles. The Hall–Kier alpha value is -2.13. The smallest absolute Gasteiger partial charge is 0.423 e. The van der Waals surface area contributed by atoms with Crippen molar-refractivity contribution in [3.63, 3.8) is 0 Å². The topological polar surface area (TPSA) is 95.9 Å². The van der Waals surface area contributed by atoms with E-state index in [1.165, 1.54) is 18.2 Å². The fourth-order valence-electron chi connectivity index (χ4n) is 2.42. The maximum Gasteiger partial charge on any atom is 0.423 e. The van der Waals surface area contributed by atoms with Crippen LogP contribution >= 0.6 is 0 Å². The Labute approximate surface area is 135 Å². The molecular formula is C15H16F3NO5. The van der Waals surface area contributed by atoms with E-state index in [2.05, 4.69) is 0 Å². The molecule has 2 rings (SSSR count). The SMILES string of the molecule is O=C(NCC(O)(c1ccccc1)C(F)(F)F)[C@@H]1CC[C@H](C(=O)O)O1. The Morgan fingerprint density at radius 1 is 1.17 bits per heavy atom. The van der Waals surface area contributed by atoms with E-state index in [-0.39, 0.29) is 12.8 Å². The van der Waals surface area contributed by atoms with Gasteiger partial charge in [0, 0.05) is 0 Å². The third-order valence-electron chi connectivity index (χ3n) is 3.83. The summed E-state index contributed by atoms with van der Waals surface area (Å²) >= 11 is 0. The van der Waals surface area contributed by atoms with Gasteiger partial charge in [0.2, 0.25) is 11.5 Å². The number of hydrogen-bond acceptors (Lipinski definition) is 4. The number of carboxylic acid groups (broad SMARTS) is 1. The van der Waals surface area contributed by atoms with Gasteiger partial charge in [0.05, 0.1) is 6.54 Å². The van der Waals surface area contributed by atoms with Gasteiger partial charge < -0.3 is 20.3 Å². The maximum absolute atomic E-state index is 13.3. The van der Waals surface area contributed by atoms with Crippen molar-refractivity contribution in [3.8, 4) is 0 Å². The zero-order chi connectivity index (χ0) is 18.0. The van der Waals surface area contributed by atoms with Gasteiger partial charge in [-0.1, -0.05) is 30.3 Å². The fourth-order valence-corrected chi connectivity index (χ4v) is 2.42. The van der Waals surface area contributed by atoms with E-state index in [1.807, 2.05) is 5.32 Å². The number of carbonyl (C=O) groups is 2. The zero-order valence-electron chi connectivity index (χ0n) is 12.4. The van der Waals surface area contributed by atoms with Crippen LogP contribution in [0.15, 0.2) is 30.3 Å². The Bertz CT molecular complexity index is 607. The molecule has 0 aliphatic carbocycles. The molecule has 0 bridgehead atoms. The minimum atomic E-state index is -5.01. The number of alkyl halides is 3. The van der Waals surface area contributed by atoms with Crippen molar-refractivity contribution in [2.24, 2.45) is 0 Å². The molecule has 1 heterocycles. The van der Waals surface area contributed by atoms with Gasteiger partial charge in [-0.2, -0.15) is 13.2 Å². The maximum atomic E-state index is 13.3. The predicted molar refractivity (Wildman–Crippen MR) is 74.9 cm³/mol. The van der Waals surface area contributed by atoms with Crippen molar-refractivity contribution in [3.05, 3.63) is 35.9 Å². The van der Waals surface area contributed by atoms with Gasteiger partial charge in [0.1, 0.15) is 6.10 Å². The molecule has 0 saturated carbocycles. The molecule has 1 aromatic carbocycles. The standard InChI is InChI=1S/C15H16F3NO5/c16-15(17,18)14(23,9-4-2-1-3-5-9)8-19-12(20)10-6-7-11(24-10)13(21)22/h1-5,10-11,23H,6-8H2,(H,19,20)(H,21,22)/t10-,11+,14?/m0/s1. The molecule has 9 heteroatoms. The summed E-state index contributed by atoms with van der Waals surface area (Å²) in [5.74, 6) is -2.13. The first-order valence-corrected chi connectivity index (χ1v) is 7.16. The van der Waals surface area contributed by atoms with E-state index in [0.29, 0.717) is 0 Å². The number of carboxylic acids is 1. The first-order valence-electron chi connectivity index (χ1n) is 7.16. The minimum absolute atomic E-state index is 0.0819. The molecule has 0 aromatic heterocycles. The van der Waals surface area contributed by atoms with Crippen molar-refractivity contribution < 1.29 is 37.7 Å². The highest BCUT2D eigenvalue weighted by Gasteiger charge is 2.55. The molecule has 0 radical (unpaired) electrons. The normalized spacial score (nSPS) is 23.5. The van der Waals surface area contributed by atoms with Crippen LogP contribution in [0.1, 0.15) is 18.4 Å². The van der Waals surface area contributed by atoms with E-state index in [4.69, 9.17) is 9.84 Å². The molecule has 132 valence electrons. The summed E-state index contributed by atoms with van der Waals surface area (Å²) in [6.45, 7) is -1.10. The molecule has 3 N–H and O–H groups in total. The fraction of sp³-hybridized carbons (Fsp3) is 0.467. The van der Waals surface area contributed by atoms with E-state index < -0.39 is 48.0 Å². The average Bonchev–Trinajstić information content (AvgIpc) is 3.02. The zero-order valence-corrected chi connectivity index (χ0v) is 12.4. The Morgan fingerprint density at radius 3 is 2.25 bits per heavy atom. The lowest BCUT2D eigenvalue weighted by Gasteiger charge is -2.31. The first kappa shape index (κ1) is 18.2. The molecule has 0 spiro atoms. The number of rotatable bonds is 5. The number of hydrogen-bond donors (Lipinski definition) is 3. The number of carbonyl (C=O) groups excluding carboxylic acids is 1. The van der Waals surface area contributed by atoms with E-state index >= 15 is 0 Å². The van der Waals surface area contributed by atoms with Gasteiger partial charge in [0.15, 0.2) is 6.10 Å². The second kappa shape index (κ2) is 6.78. The summed E-state index contributed by atoms with van der Waals surface area (Å²) in [6, 6.07) is 6.38. The van der Waals surface area contributed by atoms with Crippen LogP contribution in [0.25, 0.3) is 0 Å². The van der Waals surface area contributed by atoms with Crippen LogP contribution in [-0.2, 0) is 19.9 Å². The first-order chi connectivity index (χ1) is 11.1. The second-order valence-electron chi connectivity index (χ2n) is 5.47. The van der Waals surface area contributed by atoms with Crippen LogP contribution in [0, 0.1) is 0 Å². The van der Waals surface area contributed by atoms with E-state index in [0.717, 1.165) is 12.1 Å². The van der Waals surface area contributed by atoms with Gasteiger partial charge in [-0.15, -0.1) is 0 Å². The van der Waals surface area contributed by atoms with Crippen LogP contribution in [0.3, 0.4) is 0 Å². The third-order valence-corrected chi connectivity index (χ3v) is 3.83. The third kappa shape index (κ3) is 3.68. The van der Waals surface area contributed by atoms with E-state index in [1.54, 1.807) is 0 Å². The number of aliphatic carboxylic acids is 1. The monoisotopic (exact) mass is 347 g/mol. The van der Waals surface area contributed by atoms with Gasteiger partial charge in [-0.05, 0) is 18.4 Å². The number of amides is 1. The highest BCUT2D eigenvalue weighted by atomic mass is 19.4. The lowest BCUT2D eigenvalue weighted by molar-refractivity contribution is -0.264. The molecule has 1 aromatic rings. The summed E-state index contributed by atoms with van der Waals surface area (Å²) in [6.07, 6.45) is -7.15. The molecule has 3 atom stereocenters. The summed E-state index contributed by atoms with van der Waals surface area (Å²) < 4.78 is 44.8. The van der Waals surface area contributed by atoms with Gasteiger partial charge in [-0.3, -0.25) is 4.79 Å². The van der Waals surface area contributed by atoms with Crippen molar-refractivity contribution in [1.82, 2.24) is 5.32 Å². The summed E-state index contributed by atoms with van der Waals surface area (Å²) in [5.41, 5.74) is -3.66. The minimum Gasteiger partial charge on any atom is -0.479 e. The number of aliphatic hydroxyl groups is 1. The van der Waals surface area contributed by atoms with Crippen LogP contribution < -0.4 is 5.32 Å². The van der Waals surface area contributed by atoms with Gasteiger partial charge >= 0.3 is 12.1 Å². The summed E-state index contributed by atoms with van der Waals surface area (Å²) in [7, 11) is 0. The molecule has 1 unspecified atom stereocenters. The predicted octanol–water partition coefficient (Wildman–Crippen LogP) is 1.18. The number of halogens is 3. The van der Waals surface area contributed by atoms with Crippen molar-refractivity contribution >= 4 is 11.9 Å². The molecule has 1 aliphatic rings. The lowest BCUT2D eigenvalue weighted by atomic mass is 9.93. The Morgan fingerprint density at radius 2 is 1.75 bits per heavy atom. The number of nitrogens with one attached hydrogen (secondary N) is 1. The van der Waals surface area contributed by atoms with Crippen LogP contribution in [-0.4, -0.2) is 47.0 Å². The number of benzene rings is 1. The molecule has 24 heavy (non-hydrogen) atoms. The highest BCUT2D eigenvalue weighted by Crippen LogP contribution is 2.38. The lowest BCUT2D eigenvalue weighted by Crippen LogP contribution is -2.52. The van der Waals surface area contributed by atoms with Gasteiger partial charge in [-0.25, -0.2) is 4.79 Å². The second-order valence-corrected chi connectivity index (χ2v) is 5.47. The molecule has 1 aliphatic heterocycles. The van der Waals surface area contributed by atoms with Crippen molar-refractivity contribution in [1.29, 1.82) is 0 Å². The van der Waals surface area contributed by atoms with Crippen LogP contribution in [0.2, 0.25) is 0 Å².